The molecule has 1 N–H and O–H groups in total. The number of carboxylic acid groups (broad SMARTS) is 1. The van der Waals surface area contributed by atoms with Crippen molar-refractivity contribution in [1.82, 2.24) is 4.57 Å². The number of aromatic nitrogens is 1. The first kappa shape index (κ1) is 38.0. The summed E-state index contributed by atoms with van der Waals surface area (Å²) in [6, 6.07) is 29.3. The maximum absolute atomic E-state index is 11.7. The Hall–Kier alpha value is -4.26. The van der Waals surface area contributed by atoms with Gasteiger partial charge >= 0.3 is 5.97 Å². The SMILES string of the molecule is [C-]#[N+]C(=Cc1cc(CCCCCC)c(-c2cc(CCCCCC)c(-c3ccc(-c4ccc(-c5ccc6c(c5)c5ccccc5n6CC)s4)s3)s2)s1)C(=O)O. The monoisotopic (exact) mass is 786 g/mol. The number of rotatable bonds is 17. The minimum absolute atomic E-state index is 0.240. The summed E-state index contributed by atoms with van der Waals surface area (Å²) >= 11 is 7.24. The fraction of sp³-hybridized carbons (Fsp3) is 0.304. The average Bonchev–Trinajstić information content (AvgIpc) is 4.03. The van der Waals surface area contributed by atoms with Crippen molar-refractivity contribution in [1.29, 1.82) is 0 Å². The van der Waals surface area contributed by atoms with Crippen LogP contribution in [-0.4, -0.2) is 15.6 Å². The molecule has 0 radical (unpaired) electrons. The zero-order valence-corrected chi connectivity index (χ0v) is 34.5. The van der Waals surface area contributed by atoms with E-state index >= 15 is 0 Å². The summed E-state index contributed by atoms with van der Waals surface area (Å²) in [6.45, 7) is 15.0. The van der Waals surface area contributed by atoms with E-state index in [1.54, 1.807) is 17.4 Å². The molecule has 2 aromatic carbocycles. The zero-order chi connectivity index (χ0) is 37.6. The molecule has 0 aliphatic heterocycles. The predicted octanol–water partition coefficient (Wildman–Crippen LogP) is 15.3. The molecule has 0 saturated carbocycles. The number of aliphatic carboxylic acids is 1. The summed E-state index contributed by atoms with van der Waals surface area (Å²) < 4.78 is 2.41. The van der Waals surface area contributed by atoms with Gasteiger partial charge in [-0.2, -0.15) is 0 Å². The van der Waals surface area contributed by atoms with Gasteiger partial charge < -0.3 is 9.67 Å². The van der Waals surface area contributed by atoms with Gasteiger partial charge in [-0.3, -0.25) is 4.79 Å². The third-order valence-electron chi connectivity index (χ3n) is 10.1. The van der Waals surface area contributed by atoms with Crippen molar-refractivity contribution in [3.8, 4) is 39.7 Å². The van der Waals surface area contributed by atoms with Crippen LogP contribution in [-0.2, 0) is 24.2 Å². The van der Waals surface area contributed by atoms with Crippen LogP contribution in [0.25, 0.3) is 72.4 Å². The molecule has 7 aromatic rings. The molecule has 0 amide bonds. The van der Waals surface area contributed by atoms with Crippen molar-refractivity contribution in [2.45, 2.75) is 91.5 Å². The number of benzene rings is 2. The van der Waals surface area contributed by atoms with Crippen molar-refractivity contribution in [2.24, 2.45) is 0 Å². The van der Waals surface area contributed by atoms with E-state index in [0.717, 1.165) is 30.7 Å². The molecule has 4 nitrogen and oxygen atoms in total. The van der Waals surface area contributed by atoms with Gasteiger partial charge in [0.25, 0.3) is 5.70 Å². The molecule has 0 spiro atoms. The second-order valence-electron chi connectivity index (χ2n) is 13.9. The Morgan fingerprint density at radius 2 is 1.30 bits per heavy atom. The van der Waals surface area contributed by atoms with Crippen molar-refractivity contribution in [2.75, 3.05) is 0 Å². The number of fused-ring (bicyclic) bond motifs is 3. The Balaban J connectivity index is 1.21. The van der Waals surface area contributed by atoms with Gasteiger partial charge in [0.1, 0.15) is 0 Å². The van der Waals surface area contributed by atoms with Crippen LogP contribution in [0.4, 0.5) is 0 Å². The Bertz CT molecular complexity index is 2480. The number of hydrogen-bond donors (Lipinski definition) is 1. The molecule has 54 heavy (non-hydrogen) atoms. The second kappa shape index (κ2) is 17.5. The van der Waals surface area contributed by atoms with Gasteiger partial charge in [-0.1, -0.05) is 76.6 Å². The summed E-state index contributed by atoms with van der Waals surface area (Å²) in [5.74, 6) is -1.18. The van der Waals surface area contributed by atoms with Crippen LogP contribution in [0.3, 0.4) is 0 Å². The lowest BCUT2D eigenvalue weighted by molar-refractivity contribution is -0.132. The summed E-state index contributed by atoms with van der Waals surface area (Å²) in [7, 11) is 0. The molecule has 5 aromatic heterocycles. The largest absolute Gasteiger partial charge is 0.486 e. The molecule has 0 aliphatic carbocycles. The molecule has 0 atom stereocenters. The van der Waals surface area contributed by atoms with E-state index in [0.29, 0.717) is 0 Å². The van der Waals surface area contributed by atoms with E-state index in [2.05, 4.69) is 109 Å². The lowest BCUT2D eigenvalue weighted by Crippen LogP contribution is -1.94. The standard InChI is InChI=1S/C46H46N2O2S4/c1-5-8-10-12-16-31-26-33(29-36(47-4)46(49)50)51-45(31)43-28-32(17-13-11-9-6-2)44(54-43)42-25-24-41(53-42)40-23-22-39(52-40)30-20-21-38-35(27-30)34-18-14-15-19-37(34)48(38)7-3/h14-15,18-29H,5-13,16-17H2,1-3H3,(H,49,50). The highest BCUT2D eigenvalue weighted by Crippen LogP contribution is 2.48. The van der Waals surface area contributed by atoms with E-state index < -0.39 is 5.97 Å². The van der Waals surface area contributed by atoms with E-state index in [-0.39, 0.29) is 5.70 Å². The highest BCUT2D eigenvalue weighted by Gasteiger charge is 2.20. The molecule has 0 aliphatic rings. The molecule has 0 fully saturated rings. The summed E-state index contributed by atoms with van der Waals surface area (Å²) in [4.78, 5) is 24.8. The fourth-order valence-corrected chi connectivity index (χ4v) is 12.1. The van der Waals surface area contributed by atoms with Gasteiger partial charge in [-0.15, -0.1) is 45.3 Å². The minimum Gasteiger partial charge on any atom is -0.486 e. The van der Waals surface area contributed by atoms with Gasteiger partial charge in [0.2, 0.25) is 0 Å². The normalized spacial score (nSPS) is 11.9. The molecule has 0 unspecified atom stereocenters. The third-order valence-corrected chi connectivity index (χ3v) is 15.2. The molecule has 8 heteroatoms. The highest BCUT2D eigenvalue weighted by atomic mass is 32.1. The van der Waals surface area contributed by atoms with Gasteiger partial charge in [0.15, 0.2) is 0 Å². The van der Waals surface area contributed by atoms with Crippen LogP contribution >= 0.6 is 45.3 Å². The molecule has 276 valence electrons. The Labute approximate surface area is 334 Å². The fourth-order valence-electron chi connectivity index (χ4n) is 7.38. The summed E-state index contributed by atoms with van der Waals surface area (Å²) in [5, 5.41) is 12.2. The Morgan fingerprint density at radius 3 is 1.98 bits per heavy atom. The average molecular weight is 787 g/mol. The van der Waals surface area contributed by atoms with Gasteiger partial charge in [0, 0.05) is 67.4 Å². The maximum Gasteiger partial charge on any atom is 0.333 e. The molecule has 7 rings (SSSR count). The number of unbranched alkanes of at least 4 members (excludes halogenated alkanes) is 6. The van der Waals surface area contributed by atoms with E-state index in [1.165, 1.54) is 118 Å². The van der Waals surface area contributed by atoms with Crippen molar-refractivity contribution >= 4 is 79.2 Å². The first-order chi connectivity index (χ1) is 26.4. The first-order valence-electron chi connectivity index (χ1n) is 19.2. The van der Waals surface area contributed by atoms with Crippen molar-refractivity contribution in [3.05, 3.63) is 112 Å². The topological polar surface area (TPSA) is 46.6 Å². The quantitative estimate of drug-likeness (QED) is 0.0568. The van der Waals surface area contributed by atoms with Crippen LogP contribution in [0.1, 0.15) is 88.1 Å². The molecule has 5 heterocycles. The van der Waals surface area contributed by atoms with Gasteiger partial charge in [-0.05, 0) is 110 Å². The minimum atomic E-state index is -1.18. The highest BCUT2D eigenvalue weighted by molar-refractivity contribution is 7.29. The molecular formula is C46H46N2O2S4. The van der Waals surface area contributed by atoms with Crippen molar-refractivity contribution < 1.29 is 9.90 Å². The zero-order valence-electron chi connectivity index (χ0n) is 31.2. The van der Waals surface area contributed by atoms with Crippen LogP contribution in [0, 0.1) is 6.57 Å². The van der Waals surface area contributed by atoms with Gasteiger partial charge in [-0.25, -0.2) is 4.85 Å². The first-order valence-corrected chi connectivity index (χ1v) is 22.5. The molecular weight excluding hydrogens is 741 g/mol. The number of aryl methyl sites for hydroxylation is 3. The molecule has 0 saturated heterocycles. The second-order valence-corrected chi connectivity index (χ2v) is 18.2. The lowest BCUT2D eigenvalue weighted by atomic mass is 10.0. The van der Waals surface area contributed by atoms with Crippen LogP contribution in [0.2, 0.25) is 0 Å². The number of para-hydroxylation sites is 1. The number of carbonyl (C=O) groups is 1. The number of carboxylic acids is 1. The third kappa shape index (κ3) is 8.06. The smallest absolute Gasteiger partial charge is 0.333 e. The van der Waals surface area contributed by atoms with E-state index in [9.17, 15) is 9.90 Å². The van der Waals surface area contributed by atoms with Crippen LogP contribution in [0.5, 0.6) is 0 Å². The van der Waals surface area contributed by atoms with Crippen LogP contribution in [0.15, 0.2) is 84.6 Å². The summed E-state index contributed by atoms with van der Waals surface area (Å²) in [6.07, 6.45) is 13.1. The predicted molar refractivity (Wildman–Crippen MR) is 236 cm³/mol. The Morgan fingerprint density at radius 1 is 0.667 bits per heavy atom. The summed E-state index contributed by atoms with van der Waals surface area (Å²) in [5.41, 5.74) is 6.26. The molecule has 0 bridgehead atoms. The van der Waals surface area contributed by atoms with Gasteiger partial charge in [0.05, 0.1) is 6.57 Å². The Kier molecular flexibility index (Phi) is 12.3. The van der Waals surface area contributed by atoms with Crippen molar-refractivity contribution in [3.63, 3.8) is 0 Å². The maximum atomic E-state index is 11.7. The van der Waals surface area contributed by atoms with E-state index in [1.807, 2.05) is 34.0 Å². The number of hydrogen-bond acceptors (Lipinski definition) is 5. The lowest BCUT2D eigenvalue weighted by Gasteiger charge is -2.03. The van der Waals surface area contributed by atoms with Crippen LogP contribution < -0.4 is 0 Å². The number of nitrogens with zero attached hydrogens (tertiary/aromatic N) is 2. The van der Waals surface area contributed by atoms with E-state index in [4.69, 9.17) is 6.57 Å². The number of thiophene rings is 4.